The van der Waals surface area contributed by atoms with Crippen LogP contribution in [0.5, 0.6) is 5.75 Å². The summed E-state index contributed by atoms with van der Waals surface area (Å²) < 4.78 is 53.7. The van der Waals surface area contributed by atoms with E-state index in [1.54, 1.807) is 12.1 Å². The number of hydrogen-bond donors (Lipinski definition) is 1. The lowest BCUT2D eigenvalue weighted by atomic mass is 10.2. The minimum atomic E-state index is -4.46. The molecule has 0 saturated carbocycles. The zero-order valence-corrected chi connectivity index (χ0v) is 12.1. The minimum absolute atomic E-state index is 0.0653. The van der Waals surface area contributed by atoms with Gasteiger partial charge in [0.05, 0.1) is 18.8 Å². The molecule has 0 bridgehead atoms. The van der Waals surface area contributed by atoms with Crippen molar-refractivity contribution in [2.24, 2.45) is 0 Å². The minimum Gasteiger partial charge on any atom is -0.493 e. The lowest BCUT2D eigenvalue weighted by Gasteiger charge is -2.12. The normalized spacial score (nSPS) is 11.3. The van der Waals surface area contributed by atoms with Gasteiger partial charge in [0, 0.05) is 0 Å². The molecular formula is C15H19F4NO2. The van der Waals surface area contributed by atoms with Crippen LogP contribution in [0.25, 0.3) is 0 Å². The molecule has 1 N–H and O–H groups in total. The number of rotatable bonds is 9. The largest absolute Gasteiger partial charge is 0.493 e. The van der Waals surface area contributed by atoms with E-state index in [9.17, 15) is 22.4 Å². The highest BCUT2D eigenvalue weighted by Gasteiger charge is 2.28. The Morgan fingerprint density at radius 3 is 2.45 bits per heavy atom. The number of alkyl halides is 4. The Morgan fingerprint density at radius 1 is 1.09 bits per heavy atom. The summed E-state index contributed by atoms with van der Waals surface area (Å²) in [5.41, 5.74) is 0.0653. The van der Waals surface area contributed by atoms with Crippen LogP contribution in [0, 0.1) is 0 Å². The summed E-state index contributed by atoms with van der Waals surface area (Å²) in [5, 5.41) is 1.81. The monoisotopic (exact) mass is 321 g/mol. The summed E-state index contributed by atoms with van der Waals surface area (Å²) in [6.07, 6.45) is -1.70. The topological polar surface area (TPSA) is 38.3 Å². The van der Waals surface area contributed by atoms with Gasteiger partial charge in [0.25, 0.3) is 5.91 Å². The van der Waals surface area contributed by atoms with Gasteiger partial charge in [-0.25, -0.2) is 0 Å². The SMILES string of the molecule is O=C(NCC(F)(F)F)c1ccccc1OCCCCCCF. The molecule has 0 aliphatic heterocycles. The van der Waals surface area contributed by atoms with E-state index in [0.29, 0.717) is 19.4 Å². The molecule has 0 radical (unpaired) electrons. The quantitative estimate of drug-likeness (QED) is 0.553. The Hall–Kier alpha value is -1.79. The Kier molecular flexibility index (Phi) is 7.70. The maximum absolute atomic E-state index is 12.1. The molecule has 0 aliphatic carbocycles. The first kappa shape index (κ1) is 18.3. The summed E-state index contributed by atoms with van der Waals surface area (Å²) in [6, 6.07) is 6.13. The molecule has 0 aromatic heterocycles. The molecule has 1 rings (SSSR count). The highest BCUT2D eigenvalue weighted by Crippen LogP contribution is 2.19. The van der Waals surface area contributed by atoms with Crippen LogP contribution in [-0.2, 0) is 0 Å². The summed E-state index contributed by atoms with van der Waals surface area (Å²) in [6.45, 7) is -1.40. The van der Waals surface area contributed by atoms with E-state index in [-0.39, 0.29) is 18.0 Å². The van der Waals surface area contributed by atoms with Crippen molar-refractivity contribution < 1.29 is 27.1 Å². The van der Waals surface area contributed by atoms with Crippen LogP contribution in [0.1, 0.15) is 36.0 Å². The molecule has 0 atom stereocenters. The van der Waals surface area contributed by atoms with E-state index in [0.717, 1.165) is 12.8 Å². The fraction of sp³-hybridized carbons (Fsp3) is 0.533. The summed E-state index contributed by atoms with van der Waals surface area (Å²) in [4.78, 5) is 11.8. The maximum atomic E-state index is 12.1. The molecule has 0 heterocycles. The van der Waals surface area contributed by atoms with Gasteiger partial charge in [-0.3, -0.25) is 9.18 Å². The first-order valence-corrected chi connectivity index (χ1v) is 7.07. The third-order valence-electron chi connectivity index (χ3n) is 2.87. The third kappa shape index (κ3) is 7.28. The van der Waals surface area contributed by atoms with E-state index in [4.69, 9.17) is 4.74 Å². The molecular weight excluding hydrogens is 302 g/mol. The Labute approximate surface area is 126 Å². The fourth-order valence-corrected chi connectivity index (χ4v) is 1.79. The van der Waals surface area contributed by atoms with Gasteiger partial charge in [0.1, 0.15) is 12.3 Å². The van der Waals surface area contributed by atoms with E-state index in [1.807, 2.05) is 5.32 Å². The zero-order chi connectivity index (χ0) is 16.4. The van der Waals surface area contributed by atoms with Crippen molar-refractivity contribution in [2.45, 2.75) is 31.9 Å². The maximum Gasteiger partial charge on any atom is 0.405 e. The second kappa shape index (κ2) is 9.27. The number of unbranched alkanes of at least 4 members (excludes halogenated alkanes) is 3. The van der Waals surface area contributed by atoms with Gasteiger partial charge in [-0.2, -0.15) is 13.2 Å². The van der Waals surface area contributed by atoms with Crippen LogP contribution in [0.4, 0.5) is 17.6 Å². The van der Waals surface area contributed by atoms with Crippen LogP contribution in [0.15, 0.2) is 24.3 Å². The van der Waals surface area contributed by atoms with E-state index in [2.05, 4.69) is 0 Å². The molecule has 0 saturated heterocycles. The zero-order valence-electron chi connectivity index (χ0n) is 12.1. The molecule has 3 nitrogen and oxygen atoms in total. The number of amides is 1. The lowest BCUT2D eigenvalue weighted by molar-refractivity contribution is -0.123. The predicted octanol–water partition coefficient (Wildman–Crippen LogP) is 3.89. The summed E-state index contributed by atoms with van der Waals surface area (Å²) >= 11 is 0. The molecule has 124 valence electrons. The smallest absolute Gasteiger partial charge is 0.405 e. The number of para-hydroxylation sites is 1. The molecule has 0 fully saturated rings. The molecule has 1 aromatic carbocycles. The molecule has 22 heavy (non-hydrogen) atoms. The van der Waals surface area contributed by atoms with Crippen LogP contribution >= 0.6 is 0 Å². The van der Waals surface area contributed by atoms with Gasteiger partial charge < -0.3 is 10.1 Å². The van der Waals surface area contributed by atoms with Crippen molar-refractivity contribution in [3.05, 3.63) is 29.8 Å². The number of hydrogen-bond acceptors (Lipinski definition) is 2. The predicted molar refractivity (Wildman–Crippen MR) is 74.8 cm³/mol. The van der Waals surface area contributed by atoms with Crippen LogP contribution < -0.4 is 10.1 Å². The highest BCUT2D eigenvalue weighted by molar-refractivity contribution is 5.96. The van der Waals surface area contributed by atoms with Gasteiger partial charge >= 0.3 is 6.18 Å². The van der Waals surface area contributed by atoms with Gasteiger partial charge in [-0.15, -0.1) is 0 Å². The highest BCUT2D eigenvalue weighted by atomic mass is 19.4. The lowest BCUT2D eigenvalue weighted by Crippen LogP contribution is -2.33. The number of ether oxygens (including phenoxy) is 1. The number of carbonyl (C=O) groups is 1. The standard InChI is InChI=1S/C15H19F4NO2/c16-9-5-1-2-6-10-22-13-8-4-3-7-12(13)14(21)20-11-15(17,18)19/h3-4,7-8H,1-2,5-6,9-11H2,(H,20,21). The van der Waals surface area contributed by atoms with Gasteiger partial charge in [-0.1, -0.05) is 18.6 Å². The van der Waals surface area contributed by atoms with Crippen molar-refractivity contribution >= 4 is 5.91 Å². The number of nitrogens with one attached hydrogen (secondary N) is 1. The van der Waals surface area contributed by atoms with Crippen molar-refractivity contribution in [1.29, 1.82) is 0 Å². The second-order valence-electron chi connectivity index (χ2n) is 4.75. The molecule has 0 spiro atoms. The van der Waals surface area contributed by atoms with Crippen LogP contribution in [0.2, 0.25) is 0 Å². The van der Waals surface area contributed by atoms with Crippen LogP contribution in [0.3, 0.4) is 0 Å². The van der Waals surface area contributed by atoms with Crippen molar-refractivity contribution in [3.8, 4) is 5.75 Å². The fourth-order valence-electron chi connectivity index (χ4n) is 1.79. The van der Waals surface area contributed by atoms with E-state index < -0.39 is 18.6 Å². The first-order chi connectivity index (χ1) is 10.4. The molecule has 7 heteroatoms. The van der Waals surface area contributed by atoms with Crippen LogP contribution in [-0.4, -0.2) is 31.9 Å². The average molecular weight is 321 g/mol. The first-order valence-electron chi connectivity index (χ1n) is 7.07. The second-order valence-corrected chi connectivity index (χ2v) is 4.75. The molecule has 0 unspecified atom stereocenters. The van der Waals surface area contributed by atoms with Gasteiger partial charge in [-0.05, 0) is 31.4 Å². The van der Waals surface area contributed by atoms with Crippen molar-refractivity contribution in [1.82, 2.24) is 5.32 Å². The van der Waals surface area contributed by atoms with Crippen molar-refractivity contribution in [2.75, 3.05) is 19.8 Å². The van der Waals surface area contributed by atoms with E-state index >= 15 is 0 Å². The van der Waals surface area contributed by atoms with Gasteiger partial charge in [0.15, 0.2) is 0 Å². The third-order valence-corrected chi connectivity index (χ3v) is 2.87. The summed E-state index contributed by atoms with van der Waals surface area (Å²) in [5.74, 6) is -0.585. The molecule has 0 aliphatic rings. The van der Waals surface area contributed by atoms with Gasteiger partial charge in [0.2, 0.25) is 0 Å². The number of halogens is 4. The number of benzene rings is 1. The Morgan fingerprint density at radius 2 is 1.77 bits per heavy atom. The average Bonchev–Trinajstić information content (AvgIpc) is 2.48. The number of carbonyl (C=O) groups excluding carboxylic acids is 1. The Balaban J connectivity index is 2.49. The van der Waals surface area contributed by atoms with Crippen molar-refractivity contribution in [3.63, 3.8) is 0 Å². The van der Waals surface area contributed by atoms with E-state index in [1.165, 1.54) is 12.1 Å². The molecule has 1 aromatic rings. The Bertz CT molecular complexity index is 463. The molecule has 1 amide bonds. The summed E-state index contributed by atoms with van der Waals surface area (Å²) in [7, 11) is 0.